The Hall–Kier alpha value is -1.32. The molecule has 0 spiro atoms. The maximum Gasteiger partial charge on any atom is 0.0707 e. The minimum Gasteiger partial charge on any atom is -0.322 e. The summed E-state index contributed by atoms with van der Waals surface area (Å²) in [6.07, 6.45) is 0. The molecule has 3 N–H and O–H groups in total. The van der Waals surface area contributed by atoms with Gasteiger partial charge < -0.3 is 5.43 Å². The van der Waals surface area contributed by atoms with Crippen LogP contribution in [0.1, 0.15) is 5.69 Å². The highest BCUT2D eigenvalue weighted by molar-refractivity contribution is 6.31. The Morgan fingerprint density at radius 1 is 1.36 bits per heavy atom. The molecule has 1 aromatic carbocycles. The Bertz CT molecular complexity index is 482. The normalized spacial score (nSPS) is 10.5. The van der Waals surface area contributed by atoms with E-state index < -0.39 is 0 Å². The van der Waals surface area contributed by atoms with E-state index in [0.717, 1.165) is 22.3 Å². The van der Waals surface area contributed by atoms with Crippen LogP contribution in [-0.2, 0) is 0 Å². The van der Waals surface area contributed by atoms with Crippen LogP contribution in [0.25, 0.3) is 10.9 Å². The molecular formula is C10H10ClN3. The molecule has 0 saturated carbocycles. The van der Waals surface area contributed by atoms with Crippen molar-refractivity contribution < 1.29 is 0 Å². The molecule has 4 heteroatoms. The number of halogens is 1. The van der Waals surface area contributed by atoms with E-state index in [4.69, 9.17) is 17.4 Å². The van der Waals surface area contributed by atoms with Crippen molar-refractivity contribution in [1.82, 2.24) is 4.98 Å². The van der Waals surface area contributed by atoms with Gasteiger partial charge in [0.15, 0.2) is 0 Å². The number of fused-ring (bicyclic) bond motifs is 1. The molecule has 0 bridgehead atoms. The molecule has 0 aliphatic carbocycles. The quantitative estimate of drug-likeness (QED) is 0.558. The smallest absolute Gasteiger partial charge is 0.0707 e. The third-order valence-electron chi connectivity index (χ3n) is 2.12. The van der Waals surface area contributed by atoms with E-state index in [0.29, 0.717) is 5.02 Å². The summed E-state index contributed by atoms with van der Waals surface area (Å²) in [5.74, 6) is 5.36. The first kappa shape index (κ1) is 9.24. The third-order valence-corrected chi connectivity index (χ3v) is 2.36. The van der Waals surface area contributed by atoms with Gasteiger partial charge in [0.25, 0.3) is 0 Å². The zero-order valence-electron chi connectivity index (χ0n) is 7.71. The second kappa shape index (κ2) is 3.44. The molecule has 0 unspecified atom stereocenters. The number of aromatic nitrogens is 1. The fourth-order valence-electron chi connectivity index (χ4n) is 1.39. The zero-order chi connectivity index (χ0) is 10.1. The molecule has 0 radical (unpaired) electrons. The summed E-state index contributed by atoms with van der Waals surface area (Å²) in [7, 11) is 0. The molecule has 1 heterocycles. The molecule has 0 fully saturated rings. The SMILES string of the molecule is Cc1nc2ccc(Cl)cc2cc1NN. The first-order valence-electron chi connectivity index (χ1n) is 4.24. The van der Waals surface area contributed by atoms with Crippen molar-refractivity contribution in [2.45, 2.75) is 6.92 Å². The highest BCUT2D eigenvalue weighted by Crippen LogP contribution is 2.22. The number of aryl methyl sites for hydroxylation is 1. The Labute approximate surface area is 86.9 Å². The maximum atomic E-state index is 5.87. The van der Waals surface area contributed by atoms with Gasteiger partial charge in [-0.25, -0.2) is 0 Å². The second-order valence-corrected chi connectivity index (χ2v) is 3.54. The molecule has 0 amide bonds. The number of nitrogens with two attached hydrogens (primary N) is 1. The van der Waals surface area contributed by atoms with Gasteiger partial charge in [-0.1, -0.05) is 11.6 Å². The second-order valence-electron chi connectivity index (χ2n) is 3.10. The number of nitrogens with one attached hydrogen (secondary N) is 1. The Morgan fingerprint density at radius 2 is 2.14 bits per heavy atom. The maximum absolute atomic E-state index is 5.87. The van der Waals surface area contributed by atoms with Crippen molar-refractivity contribution in [3.05, 3.63) is 35.0 Å². The zero-order valence-corrected chi connectivity index (χ0v) is 8.47. The average molecular weight is 208 g/mol. The third kappa shape index (κ3) is 1.52. The Morgan fingerprint density at radius 3 is 2.86 bits per heavy atom. The van der Waals surface area contributed by atoms with Crippen LogP contribution in [0.4, 0.5) is 5.69 Å². The summed E-state index contributed by atoms with van der Waals surface area (Å²) in [6, 6.07) is 7.52. The highest BCUT2D eigenvalue weighted by atomic mass is 35.5. The summed E-state index contributed by atoms with van der Waals surface area (Å²) < 4.78 is 0. The van der Waals surface area contributed by atoms with Gasteiger partial charge in [-0.3, -0.25) is 10.8 Å². The molecule has 2 rings (SSSR count). The number of hydrazine groups is 1. The van der Waals surface area contributed by atoms with Gasteiger partial charge in [-0.2, -0.15) is 0 Å². The van der Waals surface area contributed by atoms with Crippen molar-refractivity contribution in [2.24, 2.45) is 5.84 Å². The summed E-state index contributed by atoms with van der Waals surface area (Å²) in [5.41, 5.74) is 5.22. The van der Waals surface area contributed by atoms with Crippen LogP contribution >= 0.6 is 11.6 Å². The number of anilines is 1. The first-order chi connectivity index (χ1) is 6.70. The minimum atomic E-state index is 0.700. The molecule has 0 aliphatic heterocycles. The predicted molar refractivity (Wildman–Crippen MR) is 59.3 cm³/mol. The van der Waals surface area contributed by atoms with Gasteiger partial charge in [0.1, 0.15) is 0 Å². The van der Waals surface area contributed by atoms with Gasteiger partial charge >= 0.3 is 0 Å². The Kier molecular flexibility index (Phi) is 2.27. The van der Waals surface area contributed by atoms with E-state index in [2.05, 4.69) is 10.4 Å². The van der Waals surface area contributed by atoms with Crippen molar-refractivity contribution in [1.29, 1.82) is 0 Å². The summed E-state index contributed by atoms with van der Waals surface area (Å²) in [4.78, 5) is 4.39. The fourth-order valence-corrected chi connectivity index (χ4v) is 1.57. The molecule has 3 nitrogen and oxygen atoms in total. The van der Waals surface area contributed by atoms with Gasteiger partial charge in [-0.05, 0) is 31.2 Å². The van der Waals surface area contributed by atoms with E-state index in [1.807, 2.05) is 31.2 Å². The van der Waals surface area contributed by atoms with E-state index in [1.165, 1.54) is 0 Å². The standard InChI is InChI=1S/C10H10ClN3/c1-6-10(14-12)5-7-4-8(11)2-3-9(7)13-6/h2-5,14H,12H2,1H3. The Balaban J connectivity index is 2.73. The van der Waals surface area contributed by atoms with Gasteiger partial charge in [0.2, 0.25) is 0 Å². The molecule has 0 saturated heterocycles. The number of benzene rings is 1. The monoisotopic (exact) mass is 207 g/mol. The van der Waals surface area contributed by atoms with Gasteiger partial charge in [0, 0.05) is 10.4 Å². The summed E-state index contributed by atoms with van der Waals surface area (Å²) in [5, 5.41) is 1.68. The van der Waals surface area contributed by atoms with Crippen LogP contribution in [0.2, 0.25) is 5.02 Å². The van der Waals surface area contributed by atoms with Crippen molar-refractivity contribution in [3.63, 3.8) is 0 Å². The van der Waals surface area contributed by atoms with Crippen LogP contribution in [0, 0.1) is 6.92 Å². The number of nitrogens with zero attached hydrogens (tertiary/aromatic N) is 1. The van der Waals surface area contributed by atoms with E-state index >= 15 is 0 Å². The molecule has 1 aromatic heterocycles. The van der Waals surface area contributed by atoms with Crippen LogP contribution in [0.3, 0.4) is 0 Å². The van der Waals surface area contributed by atoms with Crippen molar-refractivity contribution in [2.75, 3.05) is 5.43 Å². The van der Waals surface area contributed by atoms with E-state index in [9.17, 15) is 0 Å². The molecule has 14 heavy (non-hydrogen) atoms. The highest BCUT2D eigenvalue weighted by Gasteiger charge is 2.01. The largest absolute Gasteiger partial charge is 0.322 e. The molecule has 72 valence electrons. The van der Waals surface area contributed by atoms with Crippen molar-refractivity contribution in [3.8, 4) is 0 Å². The molecule has 2 aromatic rings. The molecule has 0 atom stereocenters. The van der Waals surface area contributed by atoms with Crippen LogP contribution in [0.15, 0.2) is 24.3 Å². The predicted octanol–water partition coefficient (Wildman–Crippen LogP) is 2.48. The molecular weight excluding hydrogens is 198 g/mol. The lowest BCUT2D eigenvalue weighted by Gasteiger charge is -2.06. The van der Waals surface area contributed by atoms with E-state index in [-0.39, 0.29) is 0 Å². The number of hydrogen-bond acceptors (Lipinski definition) is 3. The summed E-state index contributed by atoms with van der Waals surface area (Å²) >= 11 is 5.87. The van der Waals surface area contributed by atoms with Gasteiger partial charge in [-0.15, -0.1) is 0 Å². The van der Waals surface area contributed by atoms with E-state index in [1.54, 1.807) is 0 Å². The van der Waals surface area contributed by atoms with Crippen LogP contribution in [0.5, 0.6) is 0 Å². The lowest BCUT2D eigenvalue weighted by Crippen LogP contribution is -2.08. The van der Waals surface area contributed by atoms with Crippen molar-refractivity contribution >= 4 is 28.2 Å². The molecule has 0 aliphatic rings. The summed E-state index contributed by atoms with van der Waals surface area (Å²) in [6.45, 7) is 1.91. The van der Waals surface area contributed by atoms with Crippen LogP contribution in [-0.4, -0.2) is 4.98 Å². The number of rotatable bonds is 1. The number of hydrogen-bond donors (Lipinski definition) is 2. The number of pyridine rings is 1. The van der Waals surface area contributed by atoms with Crippen LogP contribution < -0.4 is 11.3 Å². The van der Waals surface area contributed by atoms with Gasteiger partial charge in [0.05, 0.1) is 16.9 Å². The lowest BCUT2D eigenvalue weighted by molar-refractivity contribution is 1.21. The first-order valence-corrected chi connectivity index (χ1v) is 4.62. The number of nitrogen functional groups attached to an aromatic ring is 1. The minimum absolute atomic E-state index is 0.700. The average Bonchev–Trinajstić information content (AvgIpc) is 2.17. The fraction of sp³-hybridized carbons (Fsp3) is 0.100. The lowest BCUT2D eigenvalue weighted by atomic mass is 10.2. The topological polar surface area (TPSA) is 50.9 Å².